The highest BCUT2D eigenvalue weighted by Crippen LogP contribution is 2.11. The highest BCUT2D eigenvalue weighted by Gasteiger charge is 2.11. The van der Waals surface area contributed by atoms with E-state index < -0.39 is 0 Å². The van der Waals surface area contributed by atoms with Crippen molar-refractivity contribution in [1.29, 1.82) is 0 Å². The molecule has 0 atom stereocenters. The van der Waals surface area contributed by atoms with E-state index in [0.717, 1.165) is 5.69 Å². The number of nitrogens with one attached hydrogen (secondary N) is 1. The largest absolute Gasteiger partial charge is 0.362 e. The summed E-state index contributed by atoms with van der Waals surface area (Å²) in [4.78, 5) is 20.1. The maximum absolute atomic E-state index is 11.9. The molecule has 0 aliphatic carbocycles. The van der Waals surface area contributed by atoms with E-state index in [9.17, 15) is 4.79 Å². The number of hydrogen-bond donors (Lipinski definition) is 1. The lowest BCUT2D eigenvalue weighted by Crippen LogP contribution is -2.19. The monoisotopic (exact) mass is 328 g/mol. The average Bonchev–Trinajstić information content (AvgIpc) is 3.14. The molecule has 124 valence electrons. The minimum Gasteiger partial charge on any atom is -0.362 e. The number of rotatable bonds is 6. The quantitative estimate of drug-likeness (QED) is 0.729. The minimum absolute atomic E-state index is 0.0686. The van der Waals surface area contributed by atoms with Crippen LogP contribution in [0.25, 0.3) is 5.69 Å². The number of para-hydroxylation sites is 1. The van der Waals surface area contributed by atoms with Crippen LogP contribution in [0.2, 0.25) is 0 Å². The van der Waals surface area contributed by atoms with E-state index in [2.05, 4.69) is 25.5 Å². The zero-order chi connectivity index (χ0) is 16.9. The second-order valence-electron chi connectivity index (χ2n) is 5.01. The first-order valence-corrected chi connectivity index (χ1v) is 7.27. The molecule has 3 rings (SSSR count). The highest BCUT2D eigenvalue weighted by atomic mass is 16.5. The first-order chi connectivity index (χ1) is 11.6. The van der Waals surface area contributed by atoms with E-state index in [1.165, 1.54) is 0 Å². The van der Waals surface area contributed by atoms with E-state index >= 15 is 0 Å². The molecule has 0 bridgehead atoms. The summed E-state index contributed by atoms with van der Waals surface area (Å²) in [5.74, 6) is 1.36. The first kappa shape index (κ1) is 15.8. The van der Waals surface area contributed by atoms with Gasteiger partial charge in [0.1, 0.15) is 19.0 Å². The molecule has 0 saturated carbocycles. The standard InChI is InChI=1S/C15H16N6O3/c1-10-16-14(24-20-10)9-23-8-13(22)18-15-17-11(2)21(19-15)12-6-4-3-5-7-12/h3-7H,8-9H2,1-2H3,(H,18,19,22). The Morgan fingerprint density at radius 1 is 1.25 bits per heavy atom. The van der Waals surface area contributed by atoms with Crippen molar-refractivity contribution in [2.45, 2.75) is 20.5 Å². The number of benzene rings is 1. The van der Waals surface area contributed by atoms with Gasteiger partial charge >= 0.3 is 0 Å². The SMILES string of the molecule is Cc1noc(COCC(=O)Nc2nc(C)n(-c3ccccc3)n2)n1. The summed E-state index contributed by atoms with van der Waals surface area (Å²) in [5, 5.41) is 10.5. The van der Waals surface area contributed by atoms with Crippen LogP contribution < -0.4 is 5.32 Å². The summed E-state index contributed by atoms with van der Waals surface area (Å²) in [6.45, 7) is 3.42. The molecule has 2 heterocycles. The summed E-state index contributed by atoms with van der Waals surface area (Å²) in [6, 6.07) is 9.54. The van der Waals surface area contributed by atoms with Gasteiger partial charge in [0, 0.05) is 0 Å². The van der Waals surface area contributed by atoms with Crippen LogP contribution in [-0.4, -0.2) is 37.4 Å². The molecular formula is C15H16N6O3. The van der Waals surface area contributed by atoms with E-state index in [1.54, 1.807) is 11.6 Å². The van der Waals surface area contributed by atoms with Crippen LogP contribution in [-0.2, 0) is 16.1 Å². The maximum Gasteiger partial charge on any atom is 0.252 e. The van der Waals surface area contributed by atoms with Crippen LogP contribution in [0.4, 0.5) is 5.95 Å². The van der Waals surface area contributed by atoms with E-state index in [0.29, 0.717) is 17.5 Å². The van der Waals surface area contributed by atoms with Crippen LogP contribution in [0.5, 0.6) is 0 Å². The Balaban J connectivity index is 1.55. The Morgan fingerprint density at radius 2 is 2.04 bits per heavy atom. The number of carbonyl (C=O) groups is 1. The number of anilines is 1. The second kappa shape index (κ2) is 7.01. The molecule has 1 aromatic carbocycles. The molecule has 24 heavy (non-hydrogen) atoms. The smallest absolute Gasteiger partial charge is 0.252 e. The van der Waals surface area contributed by atoms with Crippen molar-refractivity contribution in [1.82, 2.24) is 24.9 Å². The van der Waals surface area contributed by atoms with Gasteiger partial charge in [-0.15, -0.1) is 5.10 Å². The Bertz CT molecular complexity index is 827. The summed E-state index contributed by atoms with van der Waals surface area (Å²) in [7, 11) is 0. The lowest BCUT2D eigenvalue weighted by atomic mass is 10.3. The van der Waals surface area contributed by atoms with Gasteiger partial charge in [-0.3, -0.25) is 10.1 Å². The van der Waals surface area contributed by atoms with Crippen LogP contribution in [0.3, 0.4) is 0 Å². The fourth-order valence-corrected chi connectivity index (χ4v) is 2.05. The lowest BCUT2D eigenvalue weighted by molar-refractivity contribution is -0.121. The molecule has 0 unspecified atom stereocenters. The van der Waals surface area contributed by atoms with Crippen LogP contribution in [0, 0.1) is 13.8 Å². The third-order valence-corrected chi connectivity index (χ3v) is 3.05. The van der Waals surface area contributed by atoms with Crippen molar-refractivity contribution < 1.29 is 14.1 Å². The number of ether oxygens (including phenoxy) is 1. The number of amides is 1. The summed E-state index contributed by atoms with van der Waals surface area (Å²) >= 11 is 0. The minimum atomic E-state index is -0.364. The molecule has 1 N–H and O–H groups in total. The topological polar surface area (TPSA) is 108 Å². The van der Waals surface area contributed by atoms with Crippen LogP contribution in [0.15, 0.2) is 34.9 Å². The fourth-order valence-electron chi connectivity index (χ4n) is 2.05. The molecular weight excluding hydrogens is 312 g/mol. The normalized spacial score (nSPS) is 10.8. The van der Waals surface area contributed by atoms with E-state index in [4.69, 9.17) is 9.26 Å². The van der Waals surface area contributed by atoms with Gasteiger partial charge in [-0.2, -0.15) is 9.97 Å². The predicted molar refractivity (Wildman–Crippen MR) is 83.4 cm³/mol. The lowest BCUT2D eigenvalue weighted by Gasteiger charge is -2.02. The van der Waals surface area contributed by atoms with Gasteiger partial charge in [0.2, 0.25) is 5.95 Å². The van der Waals surface area contributed by atoms with E-state index in [-0.39, 0.29) is 25.1 Å². The molecule has 9 nitrogen and oxygen atoms in total. The van der Waals surface area contributed by atoms with Crippen molar-refractivity contribution in [3.05, 3.63) is 47.9 Å². The summed E-state index contributed by atoms with van der Waals surface area (Å²) in [5.41, 5.74) is 0.867. The van der Waals surface area contributed by atoms with Crippen molar-refractivity contribution in [2.75, 3.05) is 11.9 Å². The highest BCUT2D eigenvalue weighted by molar-refractivity contribution is 5.89. The van der Waals surface area contributed by atoms with Crippen molar-refractivity contribution in [3.8, 4) is 5.69 Å². The van der Waals surface area contributed by atoms with Gasteiger partial charge in [0.25, 0.3) is 11.8 Å². The molecule has 3 aromatic rings. The Kier molecular flexibility index (Phi) is 4.62. The van der Waals surface area contributed by atoms with Crippen molar-refractivity contribution >= 4 is 11.9 Å². The van der Waals surface area contributed by atoms with Gasteiger partial charge in [-0.05, 0) is 26.0 Å². The molecule has 0 radical (unpaired) electrons. The number of nitrogens with zero attached hydrogens (tertiary/aromatic N) is 5. The Morgan fingerprint density at radius 3 is 2.75 bits per heavy atom. The molecule has 0 aliphatic rings. The van der Waals surface area contributed by atoms with E-state index in [1.807, 2.05) is 37.3 Å². The molecule has 1 amide bonds. The molecule has 0 fully saturated rings. The van der Waals surface area contributed by atoms with Gasteiger partial charge in [0.05, 0.1) is 5.69 Å². The predicted octanol–water partition coefficient (Wildman–Crippen LogP) is 1.42. The average molecular weight is 328 g/mol. The number of carbonyl (C=O) groups excluding carboxylic acids is 1. The van der Waals surface area contributed by atoms with Gasteiger partial charge in [0.15, 0.2) is 5.82 Å². The molecule has 0 saturated heterocycles. The Labute approximate surface area is 137 Å². The first-order valence-electron chi connectivity index (χ1n) is 7.27. The molecule has 2 aromatic heterocycles. The number of aromatic nitrogens is 5. The molecule has 0 aliphatic heterocycles. The zero-order valence-electron chi connectivity index (χ0n) is 13.3. The molecule has 0 spiro atoms. The fraction of sp³-hybridized carbons (Fsp3) is 0.267. The van der Waals surface area contributed by atoms with Crippen LogP contribution >= 0.6 is 0 Å². The Hall–Kier alpha value is -3.07. The number of aryl methyl sites for hydroxylation is 2. The third kappa shape index (κ3) is 3.82. The van der Waals surface area contributed by atoms with Crippen LogP contribution in [0.1, 0.15) is 17.5 Å². The number of hydrogen-bond acceptors (Lipinski definition) is 7. The van der Waals surface area contributed by atoms with Crippen molar-refractivity contribution in [3.63, 3.8) is 0 Å². The van der Waals surface area contributed by atoms with Gasteiger partial charge in [-0.25, -0.2) is 4.68 Å². The molecule has 9 heteroatoms. The third-order valence-electron chi connectivity index (χ3n) is 3.05. The second-order valence-corrected chi connectivity index (χ2v) is 5.01. The summed E-state index contributed by atoms with van der Waals surface area (Å²) < 4.78 is 11.8. The zero-order valence-corrected chi connectivity index (χ0v) is 13.3. The maximum atomic E-state index is 11.9. The summed E-state index contributed by atoms with van der Waals surface area (Å²) in [6.07, 6.45) is 0. The van der Waals surface area contributed by atoms with Gasteiger partial charge in [-0.1, -0.05) is 23.4 Å². The van der Waals surface area contributed by atoms with Crippen molar-refractivity contribution in [2.24, 2.45) is 0 Å². The van der Waals surface area contributed by atoms with Gasteiger partial charge < -0.3 is 9.26 Å².